The molecule has 0 aromatic heterocycles. The number of aryl methyl sites for hydroxylation is 3. The van der Waals surface area contributed by atoms with Crippen molar-refractivity contribution in [3.63, 3.8) is 0 Å². The van der Waals surface area contributed by atoms with E-state index in [1.807, 2.05) is 0 Å². The molecule has 0 spiro atoms. The standard InChI is InChI=1S/C20H23N/c1-12-7-8-13(2)17(11-12)20(21)19-16-10-9-14-5-3-4-6-15(14)18(16)19/h3-8,11,16,18-20H,9-10,21H2,1-2H3. The smallest absolute Gasteiger partial charge is 0.0335 e. The third-order valence-electron chi connectivity index (χ3n) is 5.60. The molecule has 0 heterocycles. The van der Waals surface area contributed by atoms with Crippen LogP contribution in [0.15, 0.2) is 42.5 Å². The summed E-state index contributed by atoms with van der Waals surface area (Å²) in [7, 11) is 0. The lowest BCUT2D eigenvalue weighted by Crippen LogP contribution is -2.15. The maximum Gasteiger partial charge on any atom is 0.0335 e. The number of hydrogen-bond donors (Lipinski definition) is 1. The van der Waals surface area contributed by atoms with E-state index < -0.39 is 0 Å². The van der Waals surface area contributed by atoms with Gasteiger partial charge in [0.05, 0.1) is 0 Å². The molecule has 2 N–H and O–H groups in total. The molecule has 21 heavy (non-hydrogen) atoms. The Labute approximate surface area is 127 Å². The van der Waals surface area contributed by atoms with Gasteiger partial charge in [0.2, 0.25) is 0 Å². The van der Waals surface area contributed by atoms with Crippen LogP contribution in [-0.2, 0) is 6.42 Å². The zero-order chi connectivity index (χ0) is 14.6. The van der Waals surface area contributed by atoms with E-state index in [0.717, 1.165) is 5.92 Å². The van der Waals surface area contributed by atoms with Crippen LogP contribution in [-0.4, -0.2) is 0 Å². The first-order valence-electron chi connectivity index (χ1n) is 8.07. The van der Waals surface area contributed by atoms with Crippen molar-refractivity contribution in [2.24, 2.45) is 17.6 Å². The number of rotatable bonds is 2. The van der Waals surface area contributed by atoms with Crippen molar-refractivity contribution < 1.29 is 0 Å². The van der Waals surface area contributed by atoms with Crippen LogP contribution >= 0.6 is 0 Å². The highest BCUT2D eigenvalue weighted by Crippen LogP contribution is 2.63. The van der Waals surface area contributed by atoms with Gasteiger partial charge in [-0.15, -0.1) is 0 Å². The average Bonchev–Trinajstić information content (AvgIpc) is 3.24. The summed E-state index contributed by atoms with van der Waals surface area (Å²) >= 11 is 0. The van der Waals surface area contributed by atoms with Gasteiger partial charge in [-0.3, -0.25) is 0 Å². The van der Waals surface area contributed by atoms with E-state index in [-0.39, 0.29) is 6.04 Å². The Kier molecular flexibility index (Phi) is 2.93. The normalized spacial score (nSPS) is 27.7. The first-order chi connectivity index (χ1) is 10.2. The van der Waals surface area contributed by atoms with Crippen molar-refractivity contribution in [3.05, 3.63) is 70.3 Å². The molecule has 0 radical (unpaired) electrons. The summed E-state index contributed by atoms with van der Waals surface area (Å²) in [5, 5.41) is 0. The van der Waals surface area contributed by atoms with Crippen LogP contribution in [0.1, 0.15) is 46.2 Å². The minimum Gasteiger partial charge on any atom is -0.324 e. The summed E-state index contributed by atoms with van der Waals surface area (Å²) in [4.78, 5) is 0. The molecule has 1 fully saturated rings. The van der Waals surface area contributed by atoms with Gasteiger partial charge < -0.3 is 5.73 Å². The quantitative estimate of drug-likeness (QED) is 0.871. The van der Waals surface area contributed by atoms with E-state index in [1.165, 1.54) is 29.5 Å². The van der Waals surface area contributed by atoms with Crippen molar-refractivity contribution in [2.75, 3.05) is 0 Å². The predicted molar refractivity (Wildman–Crippen MR) is 87.3 cm³/mol. The number of nitrogens with two attached hydrogens (primary N) is 1. The van der Waals surface area contributed by atoms with Gasteiger partial charge in [-0.2, -0.15) is 0 Å². The molecule has 1 heteroatoms. The monoisotopic (exact) mass is 277 g/mol. The maximum atomic E-state index is 6.69. The number of benzene rings is 2. The first-order valence-corrected chi connectivity index (χ1v) is 8.07. The van der Waals surface area contributed by atoms with Gasteiger partial charge in [0.25, 0.3) is 0 Å². The van der Waals surface area contributed by atoms with Gasteiger partial charge in [0.1, 0.15) is 0 Å². The molecular formula is C20H23N. The Balaban J connectivity index is 1.66. The molecule has 4 atom stereocenters. The van der Waals surface area contributed by atoms with E-state index >= 15 is 0 Å². The average molecular weight is 277 g/mol. The van der Waals surface area contributed by atoms with E-state index in [1.54, 1.807) is 11.1 Å². The fraction of sp³-hybridized carbons (Fsp3) is 0.400. The minimum atomic E-state index is 0.186. The minimum absolute atomic E-state index is 0.186. The highest BCUT2D eigenvalue weighted by molar-refractivity contribution is 5.42. The molecule has 2 aliphatic rings. The fourth-order valence-electron chi connectivity index (χ4n) is 4.44. The van der Waals surface area contributed by atoms with Gasteiger partial charge in [-0.05, 0) is 66.7 Å². The van der Waals surface area contributed by atoms with Crippen LogP contribution in [0.25, 0.3) is 0 Å². The van der Waals surface area contributed by atoms with Gasteiger partial charge in [0, 0.05) is 6.04 Å². The second-order valence-corrected chi connectivity index (χ2v) is 6.89. The molecule has 0 aliphatic heterocycles. The highest BCUT2D eigenvalue weighted by atomic mass is 14.7. The second kappa shape index (κ2) is 4.71. The molecule has 1 saturated carbocycles. The van der Waals surface area contributed by atoms with Crippen molar-refractivity contribution in [3.8, 4) is 0 Å². The zero-order valence-corrected chi connectivity index (χ0v) is 12.8. The molecule has 0 saturated heterocycles. The van der Waals surface area contributed by atoms with E-state index in [2.05, 4.69) is 56.3 Å². The maximum absolute atomic E-state index is 6.69. The van der Waals surface area contributed by atoms with E-state index in [9.17, 15) is 0 Å². The molecule has 2 aliphatic carbocycles. The van der Waals surface area contributed by atoms with Crippen LogP contribution in [0.3, 0.4) is 0 Å². The van der Waals surface area contributed by atoms with E-state index in [4.69, 9.17) is 5.73 Å². The molecule has 108 valence electrons. The van der Waals surface area contributed by atoms with Gasteiger partial charge in [-0.25, -0.2) is 0 Å². The molecule has 0 bridgehead atoms. The van der Waals surface area contributed by atoms with Crippen LogP contribution in [0.2, 0.25) is 0 Å². The van der Waals surface area contributed by atoms with Gasteiger partial charge in [0.15, 0.2) is 0 Å². The first kappa shape index (κ1) is 13.1. The largest absolute Gasteiger partial charge is 0.324 e. The third-order valence-corrected chi connectivity index (χ3v) is 5.60. The van der Waals surface area contributed by atoms with Crippen LogP contribution in [0.4, 0.5) is 0 Å². The van der Waals surface area contributed by atoms with Crippen molar-refractivity contribution >= 4 is 0 Å². The van der Waals surface area contributed by atoms with Gasteiger partial charge >= 0.3 is 0 Å². The molecule has 0 amide bonds. The molecule has 2 aromatic carbocycles. The Hall–Kier alpha value is -1.60. The fourth-order valence-corrected chi connectivity index (χ4v) is 4.44. The number of fused-ring (bicyclic) bond motifs is 3. The topological polar surface area (TPSA) is 26.0 Å². The summed E-state index contributed by atoms with van der Waals surface area (Å²) < 4.78 is 0. The molecule has 4 rings (SSSR count). The Bertz CT molecular complexity index is 688. The summed E-state index contributed by atoms with van der Waals surface area (Å²) in [6, 6.07) is 15.8. The zero-order valence-electron chi connectivity index (χ0n) is 12.8. The van der Waals surface area contributed by atoms with Crippen molar-refractivity contribution in [1.82, 2.24) is 0 Å². The second-order valence-electron chi connectivity index (χ2n) is 6.89. The third kappa shape index (κ3) is 2.03. The Morgan fingerprint density at radius 3 is 2.76 bits per heavy atom. The highest BCUT2D eigenvalue weighted by Gasteiger charge is 2.55. The molecule has 4 unspecified atom stereocenters. The van der Waals surface area contributed by atoms with Crippen LogP contribution < -0.4 is 5.73 Å². The summed E-state index contributed by atoms with van der Waals surface area (Å²) in [5.74, 6) is 2.13. The van der Waals surface area contributed by atoms with E-state index in [0.29, 0.717) is 11.8 Å². The molecule has 2 aromatic rings. The summed E-state index contributed by atoms with van der Waals surface area (Å²) in [6.45, 7) is 4.35. The van der Waals surface area contributed by atoms with Crippen molar-refractivity contribution in [1.29, 1.82) is 0 Å². The SMILES string of the molecule is Cc1ccc(C)c(C(N)C2C3CCc4ccccc4C32)c1. The Morgan fingerprint density at radius 2 is 1.90 bits per heavy atom. The van der Waals surface area contributed by atoms with Gasteiger partial charge in [-0.1, -0.05) is 48.0 Å². The molecule has 1 nitrogen and oxygen atoms in total. The Morgan fingerprint density at radius 1 is 1.10 bits per heavy atom. The molecular weight excluding hydrogens is 254 g/mol. The predicted octanol–water partition coefficient (Wildman–Crippen LogP) is 4.28. The van der Waals surface area contributed by atoms with Crippen LogP contribution in [0, 0.1) is 25.7 Å². The lowest BCUT2D eigenvalue weighted by molar-refractivity contribution is 0.553. The summed E-state index contributed by atoms with van der Waals surface area (Å²) in [5.41, 5.74) is 13.8. The van der Waals surface area contributed by atoms with Crippen molar-refractivity contribution in [2.45, 2.75) is 38.6 Å². The lowest BCUT2D eigenvalue weighted by atomic mass is 9.92. The lowest BCUT2D eigenvalue weighted by Gasteiger charge is -2.16. The van der Waals surface area contributed by atoms with Crippen LogP contribution in [0.5, 0.6) is 0 Å². The number of hydrogen-bond acceptors (Lipinski definition) is 1. The summed E-state index contributed by atoms with van der Waals surface area (Å²) in [6.07, 6.45) is 2.54.